The molecule has 170 valence electrons. The molecule has 0 saturated carbocycles. The van der Waals surface area contributed by atoms with Gasteiger partial charge in [0.1, 0.15) is 11.3 Å². The fraction of sp³-hybridized carbons (Fsp3) is 0.0800. The Labute approximate surface area is 194 Å². The number of nitro groups is 1. The smallest absolute Gasteiger partial charge is 0.357 e. The van der Waals surface area contributed by atoms with Gasteiger partial charge in [0.25, 0.3) is 5.69 Å². The molecule has 0 saturated heterocycles. The first kappa shape index (κ1) is 22.4. The van der Waals surface area contributed by atoms with Gasteiger partial charge in [-0.15, -0.1) is 0 Å². The van der Waals surface area contributed by atoms with Crippen molar-refractivity contribution in [2.45, 2.75) is 0 Å². The van der Waals surface area contributed by atoms with Crippen LogP contribution in [0.15, 0.2) is 78.9 Å². The van der Waals surface area contributed by atoms with Gasteiger partial charge in [-0.1, -0.05) is 54.6 Å². The van der Waals surface area contributed by atoms with E-state index in [1.165, 1.54) is 31.0 Å². The minimum absolute atomic E-state index is 0.0731. The highest BCUT2D eigenvalue weighted by atomic mass is 16.6. The number of nitrogens with zero attached hydrogens (tertiary/aromatic N) is 3. The number of para-hydroxylation sites is 1. The zero-order chi connectivity index (χ0) is 24.2. The van der Waals surface area contributed by atoms with Gasteiger partial charge in [-0.25, -0.2) is 14.3 Å². The Morgan fingerprint density at radius 3 is 2.15 bits per heavy atom. The SMILES string of the molecule is COC(=O)c1c(-c2ccccc2-c2cccc([N+](=O)[O-])c2)nn(-c2ccccc2)c1C(=O)OC. The van der Waals surface area contributed by atoms with E-state index in [0.29, 0.717) is 22.4 Å². The van der Waals surface area contributed by atoms with Gasteiger partial charge in [0.2, 0.25) is 0 Å². The van der Waals surface area contributed by atoms with Crippen molar-refractivity contribution in [1.82, 2.24) is 9.78 Å². The first-order valence-electron chi connectivity index (χ1n) is 10.2. The van der Waals surface area contributed by atoms with Crippen LogP contribution in [0.2, 0.25) is 0 Å². The number of ether oxygens (including phenoxy) is 2. The number of hydrogen-bond donors (Lipinski definition) is 0. The van der Waals surface area contributed by atoms with Crippen LogP contribution in [0.1, 0.15) is 20.8 Å². The van der Waals surface area contributed by atoms with Crippen molar-refractivity contribution in [3.05, 3.63) is 100 Å². The molecule has 9 nitrogen and oxygen atoms in total. The zero-order valence-corrected chi connectivity index (χ0v) is 18.3. The number of non-ortho nitro benzene ring substituents is 1. The Hall–Kier alpha value is -4.79. The third-order valence-electron chi connectivity index (χ3n) is 5.20. The second kappa shape index (κ2) is 9.37. The maximum Gasteiger partial charge on any atom is 0.357 e. The van der Waals surface area contributed by atoms with Crippen molar-refractivity contribution in [3.63, 3.8) is 0 Å². The molecule has 0 amide bonds. The summed E-state index contributed by atoms with van der Waals surface area (Å²) in [7, 11) is 2.42. The molecule has 0 unspecified atom stereocenters. The minimum Gasteiger partial charge on any atom is -0.465 e. The van der Waals surface area contributed by atoms with Gasteiger partial charge in [-0.05, 0) is 23.3 Å². The summed E-state index contributed by atoms with van der Waals surface area (Å²) in [6.07, 6.45) is 0. The molecule has 0 atom stereocenters. The summed E-state index contributed by atoms with van der Waals surface area (Å²) in [6.45, 7) is 0. The van der Waals surface area contributed by atoms with Crippen LogP contribution in [0.4, 0.5) is 5.69 Å². The second-order valence-electron chi connectivity index (χ2n) is 7.16. The van der Waals surface area contributed by atoms with E-state index in [-0.39, 0.29) is 22.6 Å². The summed E-state index contributed by atoms with van der Waals surface area (Å²) in [6, 6.07) is 21.9. The molecule has 34 heavy (non-hydrogen) atoms. The number of carbonyl (C=O) groups excluding carboxylic acids is 2. The maximum atomic E-state index is 12.9. The lowest BCUT2D eigenvalue weighted by Crippen LogP contribution is -2.15. The molecule has 9 heteroatoms. The predicted molar refractivity (Wildman–Crippen MR) is 124 cm³/mol. The van der Waals surface area contributed by atoms with Crippen LogP contribution in [0.5, 0.6) is 0 Å². The van der Waals surface area contributed by atoms with E-state index < -0.39 is 16.9 Å². The molecular formula is C25H19N3O6. The monoisotopic (exact) mass is 457 g/mol. The van der Waals surface area contributed by atoms with Crippen molar-refractivity contribution in [1.29, 1.82) is 0 Å². The van der Waals surface area contributed by atoms with E-state index in [0.717, 1.165) is 0 Å². The van der Waals surface area contributed by atoms with Crippen LogP contribution < -0.4 is 0 Å². The van der Waals surface area contributed by atoms with Crippen molar-refractivity contribution in [2.75, 3.05) is 14.2 Å². The fourth-order valence-corrected chi connectivity index (χ4v) is 3.67. The van der Waals surface area contributed by atoms with Crippen LogP contribution in [0, 0.1) is 10.1 Å². The number of methoxy groups -OCH3 is 2. The molecule has 0 fully saturated rings. The highest BCUT2D eigenvalue weighted by Crippen LogP contribution is 2.36. The Morgan fingerprint density at radius 2 is 1.50 bits per heavy atom. The van der Waals surface area contributed by atoms with E-state index in [2.05, 4.69) is 5.10 Å². The molecule has 4 rings (SSSR count). The number of nitro benzene ring substituents is 1. The lowest BCUT2D eigenvalue weighted by molar-refractivity contribution is -0.384. The summed E-state index contributed by atoms with van der Waals surface area (Å²) in [4.78, 5) is 36.5. The molecule has 4 aromatic rings. The van der Waals surface area contributed by atoms with E-state index >= 15 is 0 Å². The van der Waals surface area contributed by atoms with Gasteiger partial charge < -0.3 is 9.47 Å². The fourth-order valence-electron chi connectivity index (χ4n) is 3.67. The Morgan fingerprint density at radius 1 is 0.853 bits per heavy atom. The molecule has 0 spiro atoms. The molecule has 0 aliphatic rings. The van der Waals surface area contributed by atoms with Gasteiger partial charge in [0, 0.05) is 17.7 Å². The van der Waals surface area contributed by atoms with E-state index in [1.54, 1.807) is 60.7 Å². The van der Waals surface area contributed by atoms with Crippen LogP contribution in [-0.4, -0.2) is 40.9 Å². The predicted octanol–water partition coefficient (Wildman–Crippen LogP) is 4.69. The number of benzene rings is 3. The maximum absolute atomic E-state index is 12.9. The van der Waals surface area contributed by atoms with Gasteiger partial charge in [-0.2, -0.15) is 5.10 Å². The van der Waals surface area contributed by atoms with Crippen LogP contribution in [0.25, 0.3) is 28.1 Å². The Kier molecular flexibility index (Phi) is 6.18. The summed E-state index contributed by atoms with van der Waals surface area (Å²) in [5.41, 5.74) is 2.10. The summed E-state index contributed by atoms with van der Waals surface area (Å²) >= 11 is 0. The van der Waals surface area contributed by atoms with Gasteiger partial charge in [0.15, 0.2) is 5.69 Å². The Balaban J connectivity index is 2.04. The quantitative estimate of drug-likeness (QED) is 0.234. The number of esters is 2. The molecule has 0 aliphatic carbocycles. The van der Waals surface area contributed by atoms with Crippen molar-refractivity contribution in [3.8, 4) is 28.1 Å². The summed E-state index contributed by atoms with van der Waals surface area (Å²) < 4.78 is 11.3. The van der Waals surface area contributed by atoms with E-state index in [1.807, 2.05) is 6.07 Å². The van der Waals surface area contributed by atoms with E-state index in [4.69, 9.17) is 9.47 Å². The van der Waals surface area contributed by atoms with Gasteiger partial charge in [-0.3, -0.25) is 10.1 Å². The number of hydrogen-bond acceptors (Lipinski definition) is 7. The van der Waals surface area contributed by atoms with Crippen molar-refractivity contribution in [2.24, 2.45) is 0 Å². The number of carbonyl (C=O) groups is 2. The molecule has 3 aromatic carbocycles. The molecule has 1 aromatic heterocycles. The van der Waals surface area contributed by atoms with Crippen molar-refractivity contribution < 1.29 is 24.0 Å². The Bertz CT molecular complexity index is 1400. The van der Waals surface area contributed by atoms with E-state index in [9.17, 15) is 19.7 Å². The molecule has 0 N–H and O–H groups in total. The largest absolute Gasteiger partial charge is 0.465 e. The average molecular weight is 457 g/mol. The normalized spacial score (nSPS) is 10.5. The summed E-state index contributed by atoms with van der Waals surface area (Å²) in [5, 5.41) is 15.9. The summed E-state index contributed by atoms with van der Waals surface area (Å²) in [5.74, 6) is -1.54. The van der Waals surface area contributed by atoms with Crippen LogP contribution in [-0.2, 0) is 9.47 Å². The average Bonchev–Trinajstić information content (AvgIpc) is 3.29. The standard InChI is InChI=1S/C25H19N3O6/c1-33-24(29)21-22(26-27(23(21)25(30)34-2)17-10-4-3-5-11-17)20-14-7-6-13-19(20)16-9-8-12-18(15-16)28(31)32/h3-15H,1-2H3. The third-order valence-corrected chi connectivity index (χ3v) is 5.20. The molecule has 1 heterocycles. The highest BCUT2D eigenvalue weighted by molar-refractivity contribution is 6.08. The lowest BCUT2D eigenvalue weighted by Gasteiger charge is -2.09. The van der Waals surface area contributed by atoms with Crippen LogP contribution in [0.3, 0.4) is 0 Å². The molecule has 0 radical (unpaired) electrons. The minimum atomic E-state index is -0.772. The second-order valence-corrected chi connectivity index (χ2v) is 7.16. The lowest BCUT2D eigenvalue weighted by atomic mass is 9.95. The number of rotatable bonds is 6. The number of aromatic nitrogens is 2. The molecule has 0 aliphatic heterocycles. The zero-order valence-electron chi connectivity index (χ0n) is 18.3. The van der Waals surface area contributed by atoms with Gasteiger partial charge >= 0.3 is 11.9 Å². The molecule has 0 bridgehead atoms. The first-order valence-corrected chi connectivity index (χ1v) is 10.2. The first-order chi connectivity index (χ1) is 16.5. The topological polar surface area (TPSA) is 114 Å². The van der Waals surface area contributed by atoms with Crippen LogP contribution >= 0.6 is 0 Å². The highest BCUT2D eigenvalue weighted by Gasteiger charge is 2.32. The third kappa shape index (κ3) is 4.02. The molecular weight excluding hydrogens is 438 g/mol. The van der Waals surface area contributed by atoms with Gasteiger partial charge in [0.05, 0.1) is 24.8 Å². The van der Waals surface area contributed by atoms with Crippen molar-refractivity contribution >= 4 is 17.6 Å².